The van der Waals surface area contributed by atoms with Crippen LogP contribution in [0.25, 0.3) is 0 Å². The van der Waals surface area contributed by atoms with Crippen molar-refractivity contribution in [3.63, 3.8) is 0 Å². The van der Waals surface area contributed by atoms with Gasteiger partial charge in [-0.1, -0.05) is 0 Å². The number of rotatable bonds is 10. The Balaban J connectivity index is 1.53. The fourth-order valence-corrected chi connectivity index (χ4v) is 2.89. The Kier molecular flexibility index (Phi) is 8.60. The van der Waals surface area contributed by atoms with E-state index in [1.807, 2.05) is 0 Å². The standard InChI is InChI=1S/C15H28N2O9/c18-7-10-11(19)12(20)13(21)15(26-10)25-4-2-16-1-3-24-8-5-9(14(22)23)17-6-8/h8-13,15-21H,1-7H2,(H,22,23)/t8-,9+,10?,11?,12?,13?,15?/m1/s1. The zero-order valence-electron chi connectivity index (χ0n) is 14.4. The first-order chi connectivity index (χ1) is 12.4. The first-order valence-electron chi connectivity index (χ1n) is 8.64. The van der Waals surface area contributed by atoms with E-state index in [0.29, 0.717) is 32.7 Å². The van der Waals surface area contributed by atoms with E-state index in [0.717, 1.165) is 0 Å². The van der Waals surface area contributed by atoms with Crippen LogP contribution in [0.2, 0.25) is 0 Å². The summed E-state index contributed by atoms with van der Waals surface area (Å²) in [5.41, 5.74) is 0. The summed E-state index contributed by atoms with van der Waals surface area (Å²) in [6.07, 6.45) is -6.08. The van der Waals surface area contributed by atoms with Gasteiger partial charge in [0.05, 0.1) is 25.9 Å². The summed E-state index contributed by atoms with van der Waals surface area (Å²) in [5, 5.41) is 53.0. The molecule has 0 aliphatic carbocycles. The van der Waals surface area contributed by atoms with Crippen molar-refractivity contribution < 1.29 is 44.5 Å². The largest absolute Gasteiger partial charge is 0.480 e. The molecule has 0 amide bonds. The molecule has 2 fully saturated rings. The van der Waals surface area contributed by atoms with E-state index in [2.05, 4.69) is 10.6 Å². The Hall–Kier alpha value is -0.890. The molecule has 2 aliphatic heterocycles. The first-order valence-corrected chi connectivity index (χ1v) is 8.64. The Morgan fingerprint density at radius 3 is 2.42 bits per heavy atom. The molecule has 11 nitrogen and oxygen atoms in total. The fourth-order valence-electron chi connectivity index (χ4n) is 2.89. The van der Waals surface area contributed by atoms with E-state index in [1.165, 1.54) is 0 Å². The van der Waals surface area contributed by atoms with Crippen molar-refractivity contribution in [3.8, 4) is 0 Å². The lowest BCUT2D eigenvalue weighted by molar-refractivity contribution is -0.300. The highest BCUT2D eigenvalue weighted by Crippen LogP contribution is 2.21. The average molecular weight is 380 g/mol. The number of carbonyl (C=O) groups is 1. The Morgan fingerprint density at radius 1 is 1.12 bits per heavy atom. The van der Waals surface area contributed by atoms with Crippen LogP contribution in [0.1, 0.15) is 6.42 Å². The van der Waals surface area contributed by atoms with Gasteiger partial charge in [-0.25, -0.2) is 0 Å². The van der Waals surface area contributed by atoms with E-state index in [4.69, 9.17) is 24.4 Å². The number of aliphatic carboxylic acids is 1. The van der Waals surface area contributed by atoms with Crippen LogP contribution in [0.15, 0.2) is 0 Å². The number of hydrogen-bond donors (Lipinski definition) is 7. The molecule has 0 aromatic heterocycles. The van der Waals surface area contributed by atoms with Crippen molar-refractivity contribution in [2.75, 3.05) is 39.5 Å². The monoisotopic (exact) mass is 380 g/mol. The Morgan fingerprint density at radius 2 is 1.81 bits per heavy atom. The highest BCUT2D eigenvalue weighted by atomic mass is 16.7. The van der Waals surface area contributed by atoms with Crippen LogP contribution in [-0.4, -0.2) is 114 Å². The molecule has 0 saturated carbocycles. The number of nitrogens with one attached hydrogen (secondary N) is 2. The van der Waals surface area contributed by atoms with Gasteiger partial charge < -0.3 is 50.4 Å². The topological polar surface area (TPSA) is 170 Å². The van der Waals surface area contributed by atoms with E-state index in [1.54, 1.807) is 0 Å². The van der Waals surface area contributed by atoms with Crippen LogP contribution in [-0.2, 0) is 19.0 Å². The molecule has 2 saturated heterocycles. The maximum atomic E-state index is 10.8. The van der Waals surface area contributed by atoms with Crippen molar-refractivity contribution >= 4 is 5.97 Å². The van der Waals surface area contributed by atoms with Crippen LogP contribution in [0.5, 0.6) is 0 Å². The Labute approximate surface area is 150 Å². The number of aliphatic hydroxyl groups excluding tert-OH is 4. The van der Waals surface area contributed by atoms with Crippen LogP contribution in [0.4, 0.5) is 0 Å². The van der Waals surface area contributed by atoms with Gasteiger partial charge in [-0.2, -0.15) is 0 Å². The molecule has 7 N–H and O–H groups in total. The summed E-state index contributed by atoms with van der Waals surface area (Å²) in [4.78, 5) is 10.8. The average Bonchev–Trinajstić information content (AvgIpc) is 3.10. The molecule has 0 aromatic carbocycles. The number of ether oxygens (including phenoxy) is 3. The van der Waals surface area contributed by atoms with E-state index >= 15 is 0 Å². The van der Waals surface area contributed by atoms with E-state index < -0.39 is 49.3 Å². The predicted octanol–water partition coefficient (Wildman–Crippen LogP) is -3.78. The minimum absolute atomic E-state index is 0.122. The summed E-state index contributed by atoms with van der Waals surface area (Å²) >= 11 is 0. The minimum atomic E-state index is -1.46. The van der Waals surface area contributed by atoms with Gasteiger partial charge in [0.25, 0.3) is 0 Å². The van der Waals surface area contributed by atoms with Gasteiger partial charge in [0.15, 0.2) is 6.29 Å². The highest BCUT2D eigenvalue weighted by Gasteiger charge is 2.43. The Bertz CT molecular complexity index is 439. The van der Waals surface area contributed by atoms with Gasteiger partial charge in [0, 0.05) is 26.1 Å². The molecule has 7 atom stereocenters. The first kappa shape index (κ1) is 21.4. The minimum Gasteiger partial charge on any atom is -0.480 e. The zero-order chi connectivity index (χ0) is 19.1. The summed E-state index contributed by atoms with van der Waals surface area (Å²) in [6.45, 7) is 1.56. The maximum absolute atomic E-state index is 10.8. The molecular weight excluding hydrogens is 352 g/mol. The zero-order valence-corrected chi connectivity index (χ0v) is 14.4. The maximum Gasteiger partial charge on any atom is 0.320 e. The number of carboxylic acids is 1. The van der Waals surface area contributed by atoms with Gasteiger partial charge in [-0.15, -0.1) is 0 Å². The molecular formula is C15H28N2O9. The molecule has 0 radical (unpaired) electrons. The third kappa shape index (κ3) is 5.81. The van der Waals surface area contributed by atoms with Crippen molar-refractivity contribution in [3.05, 3.63) is 0 Å². The van der Waals surface area contributed by atoms with E-state index in [-0.39, 0.29) is 12.7 Å². The lowest BCUT2D eigenvalue weighted by Gasteiger charge is -2.39. The summed E-state index contributed by atoms with van der Waals surface area (Å²) in [6, 6.07) is -0.556. The van der Waals surface area contributed by atoms with Gasteiger partial charge >= 0.3 is 5.97 Å². The van der Waals surface area contributed by atoms with Crippen LogP contribution in [0, 0.1) is 0 Å². The van der Waals surface area contributed by atoms with Gasteiger partial charge in [-0.3, -0.25) is 4.79 Å². The lowest BCUT2D eigenvalue weighted by Crippen LogP contribution is -2.59. The highest BCUT2D eigenvalue weighted by molar-refractivity contribution is 5.73. The molecule has 0 spiro atoms. The number of aliphatic hydroxyl groups is 4. The van der Waals surface area contributed by atoms with E-state index in [9.17, 15) is 20.1 Å². The summed E-state index contributed by atoms with van der Waals surface area (Å²) in [5.74, 6) is -0.875. The molecule has 2 aliphatic rings. The molecule has 11 heteroatoms. The second-order valence-electron chi connectivity index (χ2n) is 6.35. The molecule has 152 valence electrons. The lowest BCUT2D eigenvalue weighted by atomic mass is 9.99. The van der Waals surface area contributed by atoms with Crippen molar-refractivity contribution in [1.82, 2.24) is 10.6 Å². The molecule has 26 heavy (non-hydrogen) atoms. The number of carboxylic acid groups (broad SMARTS) is 1. The normalized spacial score (nSPS) is 37.8. The third-order valence-electron chi connectivity index (χ3n) is 4.43. The molecule has 2 rings (SSSR count). The van der Waals surface area contributed by atoms with Crippen molar-refractivity contribution in [2.24, 2.45) is 0 Å². The van der Waals surface area contributed by atoms with Gasteiger partial charge in [-0.05, 0) is 0 Å². The van der Waals surface area contributed by atoms with Crippen molar-refractivity contribution in [2.45, 2.75) is 49.3 Å². The second kappa shape index (κ2) is 10.4. The summed E-state index contributed by atoms with van der Waals surface area (Å²) in [7, 11) is 0. The van der Waals surface area contributed by atoms with Crippen LogP contribution < -0.4 is 10.6 Å². The predicted molar refractivity (Wildman–Crippen MR) is 86.4 cm³/mol. The van der Waals surface area contributed by atoms with Gasteiger partial charge in [0.2, 0.25) is 0 Å². The smallest absolute Gasteiger partial charge is 0.320 e. The molecule has 2 heterocycles. The van der Waals surface area contributed by atoms with Crippen molar-refractivity contribution in [1.29, 1.82) is 0 Å². The third-order valence-corrected chi connectivity index (χ3v) is 4.43. The van der Waals surface area contributed by atoms with Gasteiger partial charge in [0.1, 0.15) is 30.5 Å². The molecule has 5 unspecified atom stereocenters. The molecule has 0 aromatic rings. The summed E-state index contributed by atoms with van der Waals surface area (Å²) < 4.78 is 16.1. The van der Waals surface area contributed by atoms with Crippen LogP contribution >= 0.6 is 0 Å². The second-order valence-corrected chi connectivity index (χ2v) is 6.35. The van der Waals surface area contributed by atoms with Crippen LogP contribution in [0.3, 0.4) is 0 Å². The fraction of sp³-hybridized carbons (Fsp3) is 0.933. The number of hydrogen-bond acceptors (Lipinski definition) is 10. The SMILES string of the molecule is O=C(O)[C@@H]1C[C@@H](OCCNCCOC2OC(CO)C(O)C(O)C2O)CN1. The quantitative estimate of drug-likeness (QED) is 0.186. The molecule has 0 bridgehead atoms.